The highest BCUT2D eigenvalue weighted by molar-refractivity contribution is 7.79. The van der Waals surface area contributed by atoms with Crippen molar-refractivity contribution in [2.75, 3.05) is 39.6 Å². The van der Waals surface area contributed by atoms with Crippen LogP contribution in [0.5, 0.6) is 69.0 Å². The second kappa shape index (κ2) is 62.7. The fourth-order valence-corrected chi connectivity index (χ4v) is 26.9. The normalized spacial score (nSPS) is 12.8. The molecule has 0 unspecified atom stereocenters. The largest absolute Gasteiger partial charge is 0.494 e. The average molecular weight is 2000 g/mol. The number of unbranched alkanes of at least 4 members (excludes halogenated alkanes) is 36. The van der Waals surface area contributed by atoms with Crippen LogP contribution in [0.3, 0.4) is 0 Å². The van der Waals surface area contributed by atoms with Crippen LogP contribution in [-0.4, -0.2) is 39.6 Å². The Kier molecular flexibility index (Phi) is 48.0. The molecule has 0 atom stereocenters. The molecule has 15 nitrogen and oxygen atoms in total. The average Bonchev–Trinajstić information content (AvgIpc) is 0.726. The summed E-state index contributed by atoms with van der Waals surface area (Å²) in [5.41, 5.74) is 11.7. The summed E-state index contributed by atoms with van der Waals surface area (Å²) in [7, 11) is -13.5. The summed E-state index contributed by atoms with van der Waals surface area (Å²) in [5, 5.41) is 0. The Hall–Kier alpha value is -11.1. The fourth-order valence-electron chi connectivity index (χ4n) is 17.8. The van der Waals surface area contributed by atoms with E-state index in [1.54, 1.807) is 0 Å². The zero-order valence-corrected chi connectivity index (χ0v) is 89.9. The van der Waals surface area contributed by atoms with Crippen molar-refractivity contribution in [1.29, 1.82) is 0 Å². The quantitative estimate of drug-likeness (QED) is 0.0264. The summed E-state index contributed by atoms with van der Waals surface area (Å²) in [4.78, 5) is 0. The summed E-state index contributed by atoms with van der Waals surface area (Å²) < 4.78 is 102. The van der Waals surface area contributed by atoms with Gasteiger partial charge in [0.05, 0.1) is 39.6 Å². The summed E-state index contributed by atoms with van der Waals surface area (Å²) in [5.74, 6) is 7.29. The van der Waals surface area contributed by atoms with Crippen molar-refractivity contribution in [1.82, 2.24) is 0 Å². The molecule has 12 aromatic carbocycles. The third-order valence-electron chi connectivity index (χ3n) is 26.4. The first kappa shape index (κ1) is 110. The van der Waals surface area contributed by atoms with E-state index in [1.165, 1.54) is 193 Å². The minimum absolute atomic E-state index is 0.382. The second-order valence-corrected chi connectivity index (χ2v) is 44.6. The molecule has 0 aliphatic carbocycles. The van der Waals surface area contributed by atoms with Crippen LogP contribution in [0, 0.1) is 0 Å². The van der Waals surface area contributed by atoms with E-state index in [1.807, 2.05) is 146 Å². The Morgan fingerprint density at radius 2 is 0.222 bits per heavy atom. The fraction of sp³-hybridized carbons (Fsp3) is 0.429. The van der Waals surface area contributed by atoms with Crippen molar-refractivity contribution in [3.05, 3.63) is 291 Å². The van der Waals surface area contributed by atoms with Gasteiger partial charge < -0.3 is 55.6 Å². The van der Waals surface area contributed by atoms with Crippen LogP contribution in [0.4, 0.5) is 0 Å². The van der Waals surface area contributed by atoms with E-state index >= 15 is 0 Å². The topological polar surface area (TPSA) is 148 Å². The van der Waals surface area contributed by atoms with Crippen molar-refractivity contribution in [3.63, 3.8) is 0 Å². The Balaban J connectivity index is 0.933. The van der Waals surface area contributed by atoms with E-state index in [0.717, 1.165) is 178 Å². The minimum Gasteiger partial charge on any atom is -0.494 e. The molecule has 0 saturated carbocycles. The van der Waals surface area contributed by atoms with E-state index in [2.05, 4.69) is 187 Å². The van der Waals surface area contributed by atoms with Gasteiger partial charge in [-0.25, -0.2) is 0 Å². The number of benzene rings is 12. The molecule has 1 aliphatic heterocycles. The summed E-state index contributed by atoms with van der Waals surface area (Å²) in [6, 6.07) is 97.5. The van der Waals surface area contributed by atoms with Crippen molar-refractivity contribution in [2.24, 2.45) is 13.5 Å². The molecule has 0 fully saturated rings. The van der Waals surface area contributed by atoms with Gasteiger partial charge in [-0.05, 0) is 251 Å². The standard InChI is InChI=1S/C126H162N3O12P3/c1-7-13-19-25-31-37-43-97-130-115-73-49-103(50-74-115)109-61-85-121(86-62-109)136-142(137-122-87-63-110(64-88-122)104-51-75-116(76-52-104)131-98-44-38-32-26-20-14-8-2)127-143(138-123-89-65-111(66-90-123)105-53-77-117(78-54-105)132-99-45-39-33-27-21-15-9-3,139-124-91-67-112(68-92-124)106-55-79-118(80-56-106)133-100-46-40-34-28-22-16-10-4)129-144(128-142,140-125-93-69-113(70-94-125)107-57-81-119(82-58-107)134-101-47-41-35-29-23-17-11-5)141-126-95-71-114(72-96-126)108-59-83-120(84-60-108)135-102-48-42-36-30-24-18-12-6/h49-96H,7-48,97-102H2,1-6H3. The molecule has 1 aliphatic rings. The van der Waals surface area contributed by atoms with E-state index in [9.17, 15) is 0 Å². The first-order chi connectivity index (χ1) is 71.0. The Morgan fingerprint density at radius 1 is 0.125 bits per heavy atom. The SMILES string of the molecule is CCCCCCCCCOc1ccc(-c2ccc(OP3(Oc4ccc(-c5ccc(OCCCCCCCCC)cc5)cc4)=NP(Oc4ccc(-c5ccc(OCCCCCCCCC)cc5)cc4)(Oc4ccc(-c5ccc(OCCCCCCCCC)cc5)cc4)=NP(Oc4ccc(-c5ccc(OCCCCCCCCC)cc5)cc4)(Oc4ccc(-c5ccc(OCCCCCCCCC)cc5)cc4)=N3)cc2)cc1. The number of hydrogen-bond acceptors (Lipinski definition) is 15. The summed E-state index contributed by atoms with van der Waals surface area (Å²) in [6.07, 6.45) is 51.0. The van der Waals surface area contributed by atoms with Gasteiger partial charge in [0.1, 0.15) is 69.0 Å². The summed E-state index contributed by atoms with van der Waals surface area (Å²) >= 11 is 0. The first-order valence-corrected chi connectivity index (χ1v) is 59.7. The van der Waals surface area contributed by atoms with Gasteiger partial charge in [-0.15, -0.1) is 0 Å². The third kappa shape index (κ3) is 38.1. The van der Waals surface area contributed by atoms with E-state index < -0.39 is 23.0 Å². The van der Waals surface area contributed by atoms with Gasteiger partial charge in [0.2, 0.25) is 0 Å². The number of rotatable bonds is 72. The Labute approximate surface area is 864 Å². The predicted molar refractivity (Wildman–Crippen MR) is 604 cm³/mol. The van der Waals surface area contributed by atoms with E-state index in [-0.39, 0.29) is 0 Å². The molecule has 144 heavy (non-hydrogen) atoms. The molecule has 0 N–H and O–H groups in total. The number of nitrogens with zero attached hydrogens (tertiary/aromatic N) is 3. The molecule has 768 valence electrons. The van der Waals surface area contributed by atoms with Crippen LogP contribution < -0.4 is 55.6 Å². The Morgan fingerprint density at radius 3 is 0.333 bits per heavy atom. The van der Waals surface area contributed by atoms with Gasteiger partial charge in [-0.3, -0.25) is 0 Å². The lowest BCUT2D eigenvalue weighted by atomic mass is 10.1. The second-order valence-electron chi connectivity index (χ2n) is 38.4. The molecule has 13 rings (SSSR count). The minimum atomic E-state index is -4.51. The molecule has 0 amide bonds. The van der Waals surface area contributed by atoms with E-state index in [4.69, 9.17) is 69.1 Å². The third-order valence-corrected chi connectivity index (χ3v) is 34.5. The molecule has 0 aromatic heterocycles. The van der Waals surface area contributed by atoms with Gasteiger partial charge in [-0.2, -0.15) is 0 Å². The highest BCUT2D eigenvalue weighted by Crippen LogP contribution is 2.79. The lowest BCUT2D eigenvalue weighted by Gasteiger charge is -2.33. The Bertz CT molecular complexity index is 4810. The molecular weight excluding hydrogens is 1840 g/mol. The molecule has 1 heterocycles. The van der Waals surface area contributed by atoms with Crippen LogP contribution in [0.15, 0.2) is 305 Å². The van der Waals surface area contributed by atoms with Crippen molar-refractivity contribution < 1.29 is 55.6 Å². The monoisotopic (exact) mass is 2000 g/mol. The van der Waals surface area contributed by atoms with Crippen molar-refractivity contribution in [3.8, 4) is 136 Å². The molecule has 0 radical (unpaired) electrons. The van der Waals surface area contributed by atoms with Crippen LogP contribution in [-0.2, 0) is 0 Å². The van der Waals surface area contributed by atoms with Crippen molar-refractivity contribution in [2.45, 2.75) is 311 Å². The van der Waals surface area contributed by atoms with Crippen LogP contribution in [0.2, 0.25) is 0 Å². The van der Waals surface area contributed by atoms with Crippen molar-refractivity contribution >= 4 is 23.0 Å². The van der Waals surface area contributed by atoms with Gasteiger partial charge in [0.25, 0.3) is 0 Å². The lowest BCUT2D eigenvalue weighted by Crippen LogP contribution is -2.11. The highest BCUT2D eigenvalue weighted by Gasteiger charge is 2.49. The predicted octanol–water partition coefficient (Wildman–Crippen LogP) is 41.1. The van der Waals surface area contributed by atoms with Gasteiger partial charge in [0.15, 0.2) is 0 Å². The smallest absolute Gasteiger partial charge is 0.460 e. The maximum atomic E-state index is 7.73. The van der Waals surface area contributed by atoms with Crippen LogP contribution in [0.25, 0.3) is 66.8 Å². The molecule has 12 aromatic rings. The molecule has 0 saturated heterocycles. The molecular formula is C126H162N3O12P3. The number of hydrogen-bond donors (Lipinski definition) is 0. The molecule has 18 heteroatoms. The zero-order valence-electron chi connectivity index (χ0n) is 87.2. The van der Waals surface area contributed by atoms with Gasteiger partial charge in [-0.1, -0.05) is 432 Å². The summed E-state index contributed by atoms with van der Waals surface area (Å²) in [6.45, 7) is 17.6. The first-order valence-electron chi connectivity index (χ1n) is 55.1. The maximum absolute atomic E-state index is 7.73. The zero-order chi connectivity index (χ0) is 99.8. The van der Waals surface area contributed by atoms with Gasteiger partial charge in [0, 0.05) is 0 Å². The lowest BCUT2D eigenvalue weighted by molar-refractivity contribution is 0.304. The number of ether oxygens (including phenoxy) is 6. The van der Waals surface area contributed by atoms with E-state index in [0.29, 0.717) is 74.1 Å². The maximum Gasteiger partial charge on any atom is 0.460 e. The highest BCUT2D eigenvalue weighted by atomic mass is 31.3. The molecule has 0 bridgehead atoms. The van der Waals surface area contributed by atoms with Crippen LogP contribution in [0.1, 0.15) is 311 Å². The molecule has 0 spiro atoms. The van der Waals surface area contributed by atoms with Gasteiger partial charge >= 0.3 is 23.0 Å². The van der Waals surface area contributed by atoms with Crippen LogP contribution >= 0.6 is 23.0 Å².